The highest BCUT2D eigenvalue weighted by Gasteiger charge is 1.95. The molecular weight excluding hydrogens is 192 g/mol. The molecule has 0 aliphatic rings. The van der Waals surface area contributed by atoms with Gasteiger partial charge in [-0.1, -0.05) is 6.92 Å². The summed E-state index contributed by atoms with van der Waals surface area (Å²) < 4.78 is 10.4. The monoisotopic (exact) mass is 210 g/mol. The molecule has 4 heteroatoms. The van der Waals surface area contributed by atoms with Crippen LogP contribution in [0.3, 0.4) is 0 Å². The molecule has 0 aromatic carbocycles. The lowest BCUT2D eigenvalue weighted by Gasteiger charge is -2.06. The smallest absolute Gasteiger partial charge is 0.213 e. The van der Waals surface area contributed by atoms with Crippen LogP contribution in [0.15, 0.2) is 18.3 Å². The molecule has 0 fully saturated rings. The van der Waals surface area contributed by atoms with Crippen molar-refractivity contribution in [1.82, 2.24) is 10.3 Å². The second-order valence-electron chi connectivity index (χ2n) is 3.13. The molecule has 84 valence electrons. The first kappa shape index (κ1) is 11.8. The third-order valence-corrected chi connectivity index (χ3v) is 1.90. The maximum Gasteiger partial charge on any atom is 0.213 e. The van der Waals surface area contributed by atoms with Crippen molar-refractivity contribution in [3.8, 4) is 11.6 Å². The normalized spacial score (nSPS) is 10.0. The lowest BCUT2D eigenvalue weighted by Crippen LogP contribution is -2.21. The zero-order valence-electron chi connectivity index (χ0n) is 9.32. The molecule has 0 saturated carbocycles. The molecule has 0 amide bonds. The minimum atomic E-state index is 0.633. The van der Waals surface area contributed by atoms with Gasteiger partial charge in [-0.3, -0.25) is 0 Å². The van der Waals surface area contributed by atoms with Gasteiger partial charge in [0.1, 0.15) is 12.4 Å². The zero-order chi connectivity index (χ0) is 10.9. The Morgan fingerprint density at radius 1 is 1.33 bits per heavy atom. The topological polar surface area (TPSA) is 43.4 Å². The maximum absolute atomic E-state index is 5.42. The lowest BCUT2D eigenvalue weighted by atomic mass is 10.4. The van der Waals surface area contributed by atoms with Gasteiger partial charge in [0, 0.05) is 12.6 Å². The van der Waals surface area contributed by atoms with Crippen molar-refractivity contribution in [2.24, 2.45) is 0 Å². The summed E-state index contributed by atoms with van der Waals surface area (Å²) >= 11 is 0. The van der Waals surface area contributed by atoms with Gasteiger partial charge in [0.2, 0.25) is 5.88 Å². The fourth-order valence-electron chi connectivity index (χ4n) is 1.10. The van der Waals surface area contributed by atoms with E-state index in [0.29, 0.717) is 12.5 Å². The van der Waals surface area contributed by atoms with E-state index in [2.05, 4.69) is 17.2 Å². The summed E-state index contributed by atoms with van der Waals surface area (Å²) in [5.41, 5.74) is 0. The Labute approximate surface area is 90.6 Å². The van der Waals surface area contributed by atoms with Crippen LogP contribution in [-0.2, 0) is 0 Å². The quantitative estimate of drug-likeness (QED) is 0.692. The largest absolute Gasteiger partial charge is 0.495 e. The van der Waals surface area contributed by atoms with Crippen molar-refractivity contribution < 1.29 is 9.47 Å². The average molecular weight is 210 g/mol. The fourth-order valence-corrected chi connectivity index (χ4v) is 1.10. The third kappa shape index (κ3) is 4.65. The van der Waals surface area contributed by atoms with Crippen LogP contribution in [0, 0.1) is 0 Å². The van der Waals surface area contributed by atoms with Gasteiger partial charge in [0.25, 0.3) is 0 Å². The van der Waals surface area contributed by atoms with Gasteiger partial charge in [-0.2, -0.15) is 0 Å². The Kier molecular flexibility index (Phi) is 5.55. The van der Waals surface area contributed by atoms with E-state index in [1.54, 1.807) is 19.4 Å². The number of rotatable bonds is 7. The van der Waals surface area contributed by atoms with E-state index in [0.717, 1.165) is 25.3 Å². The van der Waals surface area contributed by atoms with Gasteiger partial charge in [0.05, 0.1) is 13.3 Å². The van der Waals surface area contributed by atoms with Crippen LogP contribution < -0.4 is 14.8 Å². The third-order valence-electron chi connectivity index (χ3n) is 1.90. The van der Waals surface area contributed by atoms with Crippen molar-refractivity contribution >= 4 is 0 Å². The van der Waals surface area contributed by atoms with Crippen LogP contribution in [0.5, 0.6) is 11.6 Å². The minimum absolute atomic E-state index is 0.633. The van der Waals surface area contributed by atoms with E-state index < -0.39 is 0 Å². The van der Waals surface area contributed by atoms with Gasteiger partial charge in [0.15, 0.2) is 0 Å². The molecular formula is C11H18N2O2. The molecule has 1 aromatic heterocycles. The van der Waals surface area contributed by atoms with Crippen LogP contribution in [0.4, 0.5) is 0 Å². The Morgan fingerprint density at radius 2 is 2.20 bits per heavy atom. The number of methoxy groups -OCH3 is 1. The maximum atomic E-state index is 5.42. The van der Waals surface area contributed by atoms with E-state index >= 15 is 0 Å². The molecule has 0 saturated heterocycles. The van der Waals surface area contributed by atoms with Gasteiger partial charge in [-0.15, -0.1) is 0 Å². The summed E-state index contributed by atoms with van der Waals surface area (Å²) in [6, 6.07) is 3.64. The van der Waals surface area contributed by atoms with E-state index in [1.165, 1.54) is 0 Å². The fraction of sp³-hybridized carbons (Fsp3) is 0.545. The molecule has 0 bridgehead atoms. The van der Waals surface area contributed by atoms with Gasteiger partial charge >= 0.3 is 0 Å². The van der Waals surface area contributed by atoms with Crippen molar-refractivity contribution in [3.63, 3.8) is 0 Å². The molecule has 0 radical (unpaired) electrons. The molecule has 1 heterocycles. The summed E-state index contributed by atoms with van der Waals surface area (Å²) in [4.78, 5) is 4.09. The van der Waals surface area contributed by atoms with Crippen LogP contribution >= 0.6 is 0 Å². The molecule has 0 aliphatic carbocycles. The molecule has 15 heavy (non-hydrogen) atoms. The molecule has 1 aromatic rings. The first-order chi connectivity index (χ1) is 7.36. The first-order valence-electron chi connectivity index (χ1n) is 5.20. The number of ether oxygens (including phenoxy) is 2. The number of nitrogens with one attached hydrogen (secondary N) is 1. The van der Waals surface area contributed by atoms with Crippen LogP contribution in [0.2, 0.25) is 0 Å². The Hall–Kier alpha value is -1.29. The van der Waals surface area contributed by atoms with Gasteiger partial charge < -0.3 is 14.8 Å². The molecule has 0 unspecified atom stereocenters. The highest BCUT2D eigenvalue weighted by atomic mass is 16.5. The molecule has 0 spiro atoms. The predicted octanol–water partition coefficient (Wildman–Crippen LogP) is 1.47. The van der Waals surface area contributed by atoms with Crippen molar-refractivity contribution in [3.05, 3.63) is 18.3 Å². The second kappa shape index (κ2) is 7.06. The number of hydrogen-bond donors (Lipinski definition) is 1. The predicted molar refractivity (Wildman–Crippen MR) is 59.4 cm³/mol. The molecule has 1 N–H and O–H groups in total. The molecule has 0 aliphatic heterocycles. The molecule has 1 rings (SSSR count). The number of pyridine rings is 1. The number of aromatic nitrogens is 1. The number of nitrogens with zero attached hydrogens (tertiary/aromatic N) is 1. The summed E-state index contributed by atoms with van der Waals surface area (Å²) in [6.45, 7) is 4.65. The van der Waals surface area contributed by atoms with Crippen molar-refractivity contribution in [2.75, 3.05) is 26.8 Å². The van der Waals surface area contributed by atoms with Gasteiger partial charge in [-0.05, 0) is 19.0 Å². The van der Waals surface area contributed by atoms with Crippen LogP contribution in [-0.4, -0.2) is 31.8 Å². The van der Waals surface area contributed by atoms with E-state index in [9.17, 15) is 0 Å². The molecule has 4 nitrogen and oxygen atoms in total. The van der Waals surface area contributed by atoms with Gasteiger partial charge in [-0.25, -0.2) is 4.98 Å². The standard InChI is InChI=1S/C11H18N2O2/c1-3-6-12-7-8-15-11-5-4-10(14-2)9-13-11/h4-5,9,12H,3,6-8H2,1-2H3. The SMILES string of the molecule is CCCNCCOc1ccc(OC)cn1. The van der Waals surface area contributed by atoms with Crippen molar-refractivity contribution in [2.45, 2.75) is 13.3 Å². The lowest BCUT2D eigenvalue weighted by molar-refractivity contribution is 0.301. The summed E-state index contributed by atoms with van der Waals surface area (Å²) in [5, 5.41) is 3.25. The van der Waals surface area contributed by atoms with E-state index in [-0.39, 0.29) is 0 Å². The van der Waals surface area contributed by atoms with E-state index in [1.807, 2.05) is 6.07 Å². The van der Waals surface area contributed by atoms with E-state index in [4.69, 9.17) is 9.47 Å². The van der Waals surface area contributed by atoms with Crippen molar-refractivity contribution in [1.29, 1.82) is 0 Å². The Morgan fingerprint density at radius 3 is 2.80 bits per heavy atom. The average Bonchev–Trinajstić information content (AvgIpc) is 2.30. The molecule has 0 atom stereocenters. The second-order valence-corrected chi connectivity index (χ2v) is 3.13. The van der Waals surface area contributed by atoms with Crippen LogP contribution in [0.25, 0.3) is 0 Å². The summed E-state index contributed by atoms with van der Waals surface area (Å²) in [7, 11) is 1.62. The minimum Gasteiger partial charge on any atom is -0.495 e. The Balaban J connectivity index is 2.20. The highest BCUT2D eigenvalue weighted by Crippen LogP contribution is 2.12. The number of hydrogen-bond acceptors (Lipinski definition) is 4. The summed E-state index contributed by atoms with van der Waals surface area (Å²) in [6.07, 6.45) is 2.79. The first-order valence-corrected chi connectivity index (χ1v) is 5.20. The zero-order valence-corrected chi connectivity index (χ0v) is 9.32. The van der Waals surface area contributed by atoms with Crippen LogP contribution in [0.1, 0.15) is 13.3 Å². The summed E-state index contributed by atoms with van der Waals surface area (Å²) in [5.74, 6) is 1.38. The highest BCUT2D eigenvalue weighted by molar-refractivity contribution is 5.22. The Bertz CT molecular complexity index is 262.